The van der Waals surface area contributed by atoms with Crippen LogP contribution in [0.4, 0.5) is 0 Å². The summed E-state index contributed by atoms with van der Waals surface area (Å²) in [6.07, 6.45) is 0.513. The van der Waals surface area contributed by atoms with E-state index in [4.69, 9.17) is 0 Å². The van der Waals surface area contributed by atoms with Gasteiger partial charge in [-0.25, -0.2) is 8.42 Å². The summed E-state index contributed by atoms with van der Waals surface area (Å²) in [5, 5.41) is 2.32. The maximum atomic E-state index is 10.7. The van der Waals surface area contributed by atoms with E-state index in [1.165, 1.54) is 0 Å². The van der Waals surface area contributed by atoms with Crippen molar-refractivity contribution in [1.82, 2.24) is 5.32 Å². The van der Waals surface area contributed by atoms with Crippen LogP contribution in [0.15, 0.2) is 12.7 Å². The first kappa shape index (κ1) is 13.1. The van der Waals surface area contributed by atoms with Crippen LogP contribution in [0, 0.1) is 0 Å². The molecule has 0 aromatic heterocycles. The molecule has 14 heavy (non-hydrogen) atoms. The molecule has 0 saturated heterocycles. The molecule has 1 amide bonds. The molecule has 0 aliphatic rings. The highest BCUT2D eigenvalue weighted by molar-refractivity contribution is 7.80. The predicted molar refractivity (Wildman–Crippen MR) is 48.1 cm³/mol. The fraction of sp³-hybridized carbons (Fsp3) is 0.571. The molecule has 0 saturated carbocycles. The molecule has 0 bridgehead atoms. The second-order valence-electron chi connectivity index (χ2n) is 2.48. The van der Waals surface area contributed by atoms with E-state index in [2.05, 4.69) is 16.1 Å². The third-order valence-electron chi connectivity index (χ3n) is 1.40. The van der Waals surface area contributed by atoms with Crippen molar-refractivity contribution in [1.29, 1.82) is 0 Å². The van der Waals surface area contributed by atoms with Gasteiger partial charge in [-0.15, -0.1) is 0 Å². The van der Waals surface area contributed by atoms with E-state index < -0.39 is 22.4 Å². The van der Waals surface area contributed by atoms with Gasteiger partial charge in [-0.3, -0.25) is 8.98 Å². The predicted octanol–water partition coefficient (Wildman–Crippen LogP) is -0.456. The summed E-state index contributed by atoms with van der Waals surface area (Å²) in [4.78, 5) is 10.7. The second-order valence-corrected chi connectivity index (χ2v) is 3.49. The molecule has 82 valence electrons. The van der Waals surface area contributed by atoms with Gasteiger partial charge in [0.25, 0.3) is 0 Å². The van der Waals surface area contributed by atoms with Gasteiger partial charge in [-0.05, 0) is 12.5 Å². The molecule has 1 unspecified atom stereocenters. The van der Waals surface area contributed by atoms with Gasteiger partial charge in [0, 0.05) is 6.54 Å². The van der Waals surface area contributed by atoms with E-state index in [0.717, 1.165) is 6.08 Å². The Morgan fingerprint density at radius 3 is 2.64 bits per heavy atom. The Bertz CT molecular complexity index is 297. The topological polar surface area (TPSA) is 95.5 Å². The van der Waals surface area contributed by atoms with Crippen LogP contribution in [0.2, 0.25) is 0 Å². The summed E-state index contributed by atoms with van der Waals surface area (Å²) >= 11 is 0. The van der Waals surface area contributed by atoms with E-state index in [1.807, 2.05) is 0 Å². The molecule has 0 aliphatic heterocycles. The molecule has 6 nitrogen and oxygen atoms in total. The summed E-state index contributed by atoms with van der Waals surface area (Å²) in [5.41, 5.74) is 0. The number of carbonyl (C=O) groups excluding carboxylic acids is 1. The molecule has 0 rings (SSSR count). The van der Waals surface area contributed by atoms with Crippen LogP contribution in [0.3, 0.4) is 0 Å². The quantitative estimate of drug-likeness (QED) is 0.373. The summed E-state index contributed by atoms with van der Waals surface area (Å²) in [5.74, 6) is -0.449. The minimum atomic E-state index is -4.72. The molecule has 0 fully saturated rings. The number of rotatable bonds is 6. The Morgan fingerprint density at radius 2 is 2.29 bits per heavy atom. The lowest BCUT2D eigenvalue weighted by Gasteiger charge is -2.17. The third kappa shape index (κ3) is 6.58. The first-order valence-corrected chi connectivity index (χ1v) is 5.26. The zero-order valence-corrected chi connectivity index (χ0v) is 8.54. The number of nitrogens with one attached hydrogen (secondary N) is 1. The van der Waals surface area contributed by atoms with E-state index >= 15 is 0 Å². The molecule has 1 atom stereocenters. The van der Waals surface area contributed by atoms with Crippen molar-refractivity contribution in [2.45, 2.75) is 19.4 Å². The highest BCUT2D eigenvalue weighted by Gasteiger charge is 2.10. The fourth-order valence-corrected chi connectivity index (χ4v) is 1.24. The molecule has 0 aliphatic carbocycles. The average Bonchev–Trinajstić information content (AvgIpc) is 2.09. The van der Waals surface area contributed by atoms with E-state index in [-0.39, 0.29) is 6.54 Å². The van der Waals surface area contributed by atoms with Gasteiger partial charge >= 0.3 is 0 Å². The molecular weight excluding hydrogens is 210 g/mol. The van der Waals surface area contributed by atoms with Crippen LogP contribution in [0.25, 0.3) is 0 Å². The summed E-state index contributed by atoms with van der Waals surface area (Å²) in [7, 11) is -4.72. The maximum absolute atomic E-state index is 10.7. The van der Waals surface area contributed by atoms with Crippen molar-refractivity contribution in [3.8, 4) is 0 Å². The van der Waals surface area contributed by atoms with Crippen LogP contribution >= 0.6 is 0 Å². The van der Waals surface area contributed by atoms with Crippen molar-refractivity contribution in [2.24, 2.45) is 0 Å². The molecule has 0 aromatic carbocycles. The Labute approximate surface area is 82.9 Å². The Morgan fingerprint density at radius 1 is 1.71 bits per heavy atom. The van der Waals surface area contributed by atoms with Crippen molar-refractivity contribution in [3.05, 3.63) is 12.7 Å². The molecule has 7 heteroatoms. The van der Waals surface area contributed by atoms with Gasteiger partial charge in [0.05, 0.1) is 6.10 Å². The van der Waals surface area contributed by atoms with Crippen molar-refractivity contribution >= 4 is 16.3 Å². The zero-order valence-electron chi connectivity index (χ0n) is 7.73. The first-order chi connectivity index (χ1) is 6.39. The number of amides is 1. The summed E-state index contributed by atoms with van der Waals surface area (Å²) < 4.78 is 34.8. The highest BCUT2D eigenvalue weighted by atomic mass is 32.3. The van der Waals surface area contributed by atoms with Crippen LogP contribution in [-0.2, 0) is 19.4 Å². The first-order valence-electron chi connectivity index (χ1n) is 3.93. The lowest BCUT2D eigenvalue weighted by atomic mass is 10.3. The van der Waals surface area contributed by atoms with Gasteiger partial charge in [-0.1, -0.05) is 13.5 Å². The van der Waals surface area contributed by atoms with E-state index in [9.17, 15) is 17.8 Å². The van der Waals surface area contributed by atoms with Crippen molar-refractivity contribution in [2.75, 3.05) is 6.54 Å². The SMILES string of the molecule is C=CC(=O)NCC(CC)OS(=O)(=O)[O-]. The molecular formula is C7H12NO5S-. The zero-order chi connectivity index (χ0) is 11.2. The standard InChI is InChI=1S/C7H13NO5S/c1-3-6(13-14(10,11)12)5-8-7(9)4-2/h4,6H,2-3,5H2,1H3,(H,8,9)(H,10,11,12)/p-1. The second kappa shape index (κ2) is 5.74. The van der Waals surface area contributed by atoms with Crippen LogP contribution in [0.1, 0.15) is 13.3 Å². The summed E-state index contributed by atoms with van der Waals surface area (Å²) in [6.45, 7) is 4.80. The van der Waals surface area contributed by atoms with Gasteiger partial charge in [-0.2, -0.15) is 0 Å². The number of hydrogen-bond acceptors (Lipinski definition) is 5. The van der Waals surface area contributed by atoms with Crippen LogP contribution < -0.4 is 5.32 Å². The van der Waals surface area contributed by atoms with Crippen LogP contribution in [-0.4, -0.2) is 31.5 Å². The monoisotopic (exact) mass is 222 g/mol. The molecule has 0 aromatic rings. The van der Waals surface area contributed by atoms with E-state index in [0.29, 0.717) is 6.42 Å². The number of carbonyl (C=O) groups is 1. The average molecular weight is 222 g/mol. The van der Waals surface area contributed by atoms with Gasteiger partial charge in [0.15, 0.2) is 0 Å². The third-order valence-corrected chi connectivity index (χ3v) is 1.91. The van der Waals surface area contributed by atoms with Gasteiger partial charge in [0.1, 0.15) is 0 Å². The van der Waals surface area contributed by atoms with Crippen molar-refractivity contribution in [3.63, 3.8) is 0 Å². The van der Waals surface area contributed by atoms with Crippen molar-refractivity contribution < 1.29 is 21.9 Å². The minimum Gasteiger partial charge on any atom is -0.726 e. The molecule has 0 spiro atoms. The Kier molecular flexibility index (Phi) is 5.36. The van der Waals surface area contributed by atoms with Crippen LogP contribution in [0.5, 0.6) is 0 Å². The minimum absolute atomic E-state index is 0.0389. The summed E-state index contributed by atoms with van der Waals surface area (Å²) in [6, 6.07) is 0. The molecule has 0 heterocycles. The smallest absolute Gasteiger partial charge is 0.243 e. The number of hydrogen-bond donors (Lipinski definition) is 1. The van der Waals surface area contributed by atoms with E-state index in [1.54, 1.807) is 6.92 Å². The lowest BCUT2D eigenvalue weighted by Crippen LogP contribution is -2.33. The largest absolute Gasteiger partial charge is 0.726 e. The van der Waals surface area contributed by atoms with Gasteiger partial charge < -0.3 is 9.87 Å². The lowest BCUT2D eigenvalue weighted by molar-refractivity contribution is -0.116. The molecule has 0 radical (unpaired) electrons. The Hall–Kier alpha value is -0.920. The Balaban J connectivity index is 4.04. The fourth-order valence-electron chi connectivity index (χ4n) is 0.700. The highest BCUT2D eigenvalue weighted by Crippen LogP contribution is 2.00. The molecule has 1 N–H and O–H groups in total. The maximum Gasteiger partial charge on any atom is 0.243 e. The van der Waals surface area contributed by atoms with Gasteiger partial charge in [0.2, 0.25) is 16.3 Å². The normalized spacial score (nSPS) is 13.3.